The molecule has 0 atom stereocenters. The SMILES string of the molecule is Cc1cncc([N+](=O)[O-])c1NCCO. The van der Waals surface area contributed by atoms with Crippen LogP contribution in [-0.2, 0) is 0 Å². The Bertz CT molecular complexity index is 341. The highest BCUT2D eigenvalue weighted by molar-refractivity contribution is 5.64. The molecule has 0 aromatic carbocycles. The van der Waals surface area contributed by atoms with Gasteiger partial charge in [0.05, 0.1) is 11.5 Å². The van der Waals surface area contributed by atoms with E-state index in [4.69, 9.17) is 5.11 Å². The molecule has 0 aliphatic rings. The van der Waals surface area contributed by atoms with Gasteiger partial charge in [-0.2, -0.15) is 0 Å². The van der Waals surface area contributed by atoms with Crippen molar-refractivity contribution >= 4 is 11.4 Å². The minimum atomic E-state index is -0.500. The first-order chi connectivity index (χ1) is 6.66. The molecule has 14 heavy (non-hydrogen) atoms. The van der Waals surface area contributed by atoms with Crippen molar-refractivity contribution < 1.29 is 10.0 Å². The number of rotatable bonds is 4. The number of aliphatic hydroxyl groups excluding tert-OH is 1. The van der Waals surface area contributed by atoms with Crippen molar-refractivity contribution in [2.24, 2.45) is 0 Å². The molecule has 0 aliphatic heterocycles. The summed E-state index contributed by atoms with van der Waals surface area (Å²) >= 11 is 0. The van der Waals surface area contributed by atoms with Gasteiger partial charge in [0.2, 0.25) is 0 Å². The van der Waals surface area contributed by atoms with Gasteiger partial charge < -0.3 is 10.4 Å². The molecular formula is C8H11N3O3. The normalized spacial score (nSPS) is 9.86. The van der Waals surface area contributed by atoms with Crippen molar-refractivity contribution in [2.75, 3.05) is 18.5 Å². The fourth-order valence-corrected chi connectivity index (χ4v) is 1.10. The molecule has 76 valence electrons. The van der Waals surface area contributed by atoms with Gasteiger partial charge in [-0.1, -0.05) is 0 Å². The summed E-state index contributed by atoms with van der Waals surface area (Å²) in [6.07, 6.45) is 2.72. The fraction of sp³-hybridized carbons (Fsp3) is 0.375. The van der Waals surface area contributed by atoms with Crippen LogP contribution in [0.1, 0.15) is 5.56 Å². The summed E-state index contributed by atoms with van der Waals surface area (Å²) in [5.41, 5.74) is 1.03. The number of pyridine rings is 1. The maximum atomic E-state index is 10.6. The van der Waals surface area contributed by atoms with Crippen molar-refractivity contribution in [3.05, 3.63) is 28.1 Å². The van der Waals surface area contributed by atoms with Gasteiger partial charge in [-0.05, 0) is 12.5 Å². The molecule has 1 heterocycles. The Hall–Kier alpha value is -1.69. The molecule has 2 N–H and O–H groups in total. The Morgan fingerprint density at radius 3 is 2.93 bits per heavy atom. The highest BCUT2D eigenvalue weighted by atomic mass is 16.6. The number of aliphatic hydroxyl groups is 1. The van der Waals surface area contributed by atoms with E-state index in [-0.39, 0.29) is 18.8 Å². The minimum Gasteiger partial charge on any atom is -0.395 e. The van der Waals surface area contributed by atoms with Crippen LogP contribution in [-0.4, -0.2) is 28.2 Å². The van der Waals surface area contributed by atoms with Crippen LogP contribution < -0.4 is 5.32 Å². The van der Waals surface area contributed by atoms with Crippen molar-refractivity contribution in [3.8, 4) is 0 Å². The number of nitrogens with zero attached hydrogens (tertiary/aromatic N) is 2. The zero-order valence-corrected chi connectivity index (χ0v) is 7.73. The zero-order chi connectivity index (χ0) is 10.6. The average molecular weight is 197 g/mol. The van der Waals surface area contributed by atoms with Gasteiger partial charge in [0.15, 0.2) is 0 Å². The number of anilines is 1. The third kappa shape index (κ3) is 2.17. The molecule has 0 unspecified atom stereocenters. The van der Waals surface area contributed by atoms with Gasteiger partial charge in [-0.15, -0.1) is 0 Å². The minimum absolute atomic E-state index is 0.0705. The van der Waals surface area contributed by atoms with E-state index in [9.17, 15) is 10.1 Å². The van der Waals surface area contributed by atoms with Gasteiger partial charge in [0, 0.05) is 12.7 Å². The molecule has 1 rings (SSSR count). The molecule has 0 radical (unpaired) electrons. The van der Waals surface area contributed by atoms with Crippen LogP contribution in [0.4, 0.5) is 11.4 Å². The van der Waals surface area contributed by atoms with Gasteiger partial charge in [0.25, 0.3) is 0 Å². The van der Waals surface area contributed by atoms with Gasteiger partial charge in [0.1, 0.15) is 11.9 Å². The number of aromatic nitrogens is 1. The average Bonchev–Trinajstić information content (AvgIpc) is 2.15. The summed E-state index contributed by atoms with van der Waals surface area (Å²) in [5, 5.41) is 22.0. The van der Waals surface area contributed by atoms with E-state index in [0.717, 1.165) is 0 Å². The number of nitro groups is 1. The molecule has 1 aromatic heterocycles. The molecule has 0 saturated carbocycles. The first-order valence-electron chi connectivity index (χ1n) is 4.10. The lowest BCUT2D eigenvalue weighted by atomic mass is 10.2. The maximum Gasteiger partial charge on any atom is 0.310 e. The van der Waals surface area contributed by atoms with Gasteiger partial charge in [-0.25, -0.2) is 0 Å². The molecule has 0 aliphatic carbocycles. The van der Waals surface area contributed by atoms with Crippen LogP contribution in [0.15, 0.2) is 12.4 Å². The van der Waals surface area contributed by atoms with E-state index in [1.165, 1.54) is 12.4 Å². The molecule has 6 nitrogen and oxygen atoms in total. The number of hydrogen-bond acceptors (Lipinski definition) is 5. The van der Waals surface area contributed by atoms with Crippen LogP contribution in [0, 0.1) is 17.0 Å². The third-order valence-electron chi connectivity index (χ3n) is 1.73. The fourth-order valence-electron chi connectivity index (χ4n) is 1.10. The Morgan fingerprint density at radius 1 is 1.64 bits per heavy atom. The molecule has 0 bridgehead atoms. The van der Waals surface area contributed by atoms with E-state index < -0.39 is 4.92 Å². The van der Waals surface area contributed by atoms with Gasteiger partial charge in [-0.3, -0.25) is 15.1 Å². The van der Waals surface area contributed by atoms with Crippen molar-refractivity contribution in [3.63, 3.8) is 0 Å². The summed E-state index contributed by atoms with van der Waals surface area (Å²) in [7, 11) is 0. The lowest BCUT2D eigenvalue weighted by Gasteiger charge is -2.07. The topological polar surface area (TPSA) is 88.3 Å². The number of hydrogen-bond donors (Lipinski definition) is 2. The summed E-state index contributed by atoms with van der Waals surface area (Å²) in [6.45, 7) is 1.93. The largest absolute Gasteiger partial charge is 0.395 e. The zero-order valence-electron chi connectivity index (χ0n) is 7.73. The van der Waals surface area contributed by atoms with E-state index >= 15 is 0 Å². The lowest BCUT2D eigenvalue weighted by molar-refractivity contribution is -0.384. The Morgan fingerprint density at radius 2 is 2.36 bits per heavy atom. The molecule has 0 fully saturated rings. The van der Waals surface area contributed by atoms with Crippen LogP contribution >= 0.6 is 0 Å². The van der Waals surface area contributed by atoms with Crippen molar-refractivity contribution in [2.45, 2.75) is 6.92 Å². The first-order valence-corrected chi connectivity index (χ1v) is 4.10. The lowest BCUT2D eigenvalue weighted by Crippen LogP contribution is -2.09. The van der Waals surface area contributed by atoms with Crippen LogP contribution in [0.5, 0.6) is 0 Å². The Balaban J connectivity index is 3.02. The van der Waals surface area contributed by atoms with Crippen LogP contribution in [0.2, 0.25) is 0 Å². The number of aryl methyl sites for hydroxylation is 1. The molecule has 0 amide bonds. The Kier molecular flexibility index (Phi) is 3.35. The van der Waals surface area contributed by atoms with Crippen LogP contribution in [0.3, 0.4) is 0 Å². The number of nitrogens with one attached hydrogen (secondary N) is 1. The quantitative estimate of drug-likeness (QED) is 0.548. The van der Waals surface area contributed by atoms with Crippen molar-refractivity contribution in [1.29, 1.82) is 0 Å². The third-order valence-corrected chi connectivity index (χ3v) is 1.73. The molecule has 6 heteroatoms. The molecule has 0 saturated heterocycles. The molecular weight excluding hydrogens is 186 g/mol. The van der Waals surface area contributed by atoms with Crippen molar-refractivity contribution in [1.82, 2.24) is 4.98 Å². The smallest absolute Gasteiger partial charge is 0.310 e. The maximum absolute atomic E-state index is 10.6. The predicted octanol–water partition coefficient (Wildman–Crippen LogP) is 0.702. The summed E-state index contributed by atoms with van der Waals surface area (Å²) in [6, 6.07) is 0. The second-order valence-electron chi connectivity index (χ2n) is 2.76. The summed E-state index contributed by atoms with van der Waals surface area (Å²) in [5.74, 6) is 0. The van der Waals surface area contributed by atoms with E-state index in [0.29, 0.717) is 11.3 Å². The molecule has 0 spiro atoms. The highest BCUT2D eigenvalue weighted by Gasteiger charge is 2.15. The monoisotopic (exact) mass is 197 g/mol. The summed E-state index contributed by atoms with van der Waals surface area (Å²) < 4.78 is 0. The summed E-state index contributed by atoms with van der Waals surface area (Å²) in [4.78, 5) is 13.8. The van der Waals surface area contributed by atoms with Crippen LogP contribution in [0.25, 0.3) is 0 Å². The predicted molar refractivity (Wildman–Crippen MR) is 51.2 cm³/mol. The first kappa shape index (κ1) is 10.4. The molecule has 1 aromatic rings. The Labute approximate surface area is 80.7 Å². The standard InChI is InChI=1S/C8H11N3O3/c1-6-4-9-5-7(11(13)14)8(6)10-2-3-12/h4-5,12H,2-3H2,1H3,(H,9,10). The highest BCUT2D eigenvalue weighted by Crippen LogP contribution is 2.25. The van der Waals surface area contributed by atoms with E-state index in [2.05, 4.69) is 10.3 Å². The second-order valence-corrected chi connectivity index (χ2v) is 2.76. The van der Waals surface area contributed by atoms with Gasteiger partial charge >= 0.3 is 5.69 Å². The van der Waals surface area contributed by atoms with E-state index in [1.54, 1.807) is 6.92 Å². The second kappa shape index (κ2) is 4.52. The van der Waals surface area contributed by atoms with E-state index in [1.807, 2.05) is 0 Å².